The number of nitrogens with zero attached hydrogens (tertiary/aromatic N) is 3. The summed E-state index contributed by atoms with van der Waals surface area (Å²) >= 11 is 0. The van der Waals surface area contributed by atoms with Crippen LogP contribution in [0.1, 0.15) is 34.7 Å². The van der Waals surface area contributed by atoms with E-state index in [1.807, 2.05) is 36.0 Å². The second-order valence-corrected chi connectivity index (χ2v) is 8.17. The highest BCUT2D eigenvalue weighted by Crippen LogP contribution is 2.32. The molecule has 8 nitrogen and oxygen atoms in total. The number of carbonyl (C=O) groups excluding carboxylic acids is 2. The maximum Gasteiger partial charge on any atom is 0.258 e. The lowest BCUT2D eigenvalue weighted by Crippen LogP contribution is -2.43. The Hall–Kier alpha value is -3.68. The van der Waals surface area contributed by atoms with Crippen LogP contribution in [-0.4, -0.2) is 53.0 Å². The first kappa shape index (κ1) is 22.5. The Balaban J connectivity index is 1.55. The second-order valence-electron chi connectivity index (χ2n) is 8.17. The molecule has 174 valence electrons. The zero-order valence-electron chi connectivity index (χ0n) is 19.2. The quantitative estimate of drug-likeness (QED) is 0.472. The highest BCUT2D eigenvalue weighted by molar-refractivity contribution is 5.99. The molecule has 1 fully saturated rings. The number of carbonyl (C=O) groups is 2. The maximum absolute atomic E-state index is 13.5. The van der Waals surface area contributed by atoms with Gasteiger partial charge in [0, 0.05) is 31.0 Å². The van der Waals surface area contributed by atoms with Gasteiger partial charge in [-0.25, -0.2) is 0 Å². The predicted molar refractivity (Wildman–Crippen MR) is 122 cm³/mol. The predicted octanol–water partition coefficient (Wildman–Crippen LogP) is 3.47. The number of furan rings is 1. The molecule has 0 N–H and O–H groups in total. The zero-order chi connectivity index (χ0) is 23.4. The van der Waals surface area contributed by atoms with E-state index in [0.29, 0.717) is 35.9 Å². The molecule has 2 amide bonds. The van der Waals surface area contributed by atoms with E-state index in [9.17, 15) is 9.59 Å². The topological polar surface area (TPSA) is 77.2 Å². The Labute approximate surface area is 193 Å². The number of amides is 2. The molecule has 33 heavy (non-hydrogen) atoms. The van der Waals surface area contributed by atoms with Gasteiger partial charge >= 0.3 is 0 Å². The summed E-state index contributed by atoms with van der Waals surface area (Å²) < 4.78 is 18.1. The fourth-order valence-electron chi connectivity index (χ4n) is 3.81. The van der Waals surface area contributed by atoms with Crippen LogP contribution >= 0.6 is 0 Å². The number of hydrogen-bond donors (Lipinski definition) is 0. The molecule has 0 aliphatic heterocycles. The molecule has 0 radical (unpaired) electrons. The van der Waals surface area contributed by atoms with Crippen LogP contribution < -0.4 is 9.47 Å². The summed E-state index contributed by atoms with van der Waals surface area (Å²) in [7, 11) is 5.02. The monoisotopic (exact) mass is 451 g/mol. The molecule has 3 aromatic rings. The molecule has 1 saturated carbocycles. The molecule has 0 bridgehead atoms. The van der Waals surface area contributed by atoms with Gasteiger partial charge in [0.05, 0.1) is 39.1 Å². The molecule has 0 spiro atoms. The van der Waals surface area contributed by atoms with Gasteiger partial charge in [-0.2, -0.15) is 0 Å². The van der Waals surface area contributed by atoms with Crippen molar-refractivity contribution in [3.05, 3.63) is 71.9 Å². The SMILES string of the molecule is COc1ccc(C(=O)N(CC(=O)N(Cc2ccco2)Cc2cccn2C)C2CC2)c(OC)c1. The Morgan fingerprint density at radius 3 is 2.52 bits per heavy atom. The minimum Gasteiger partial charge on any atom is -0.497 e. The summed E-state index contributed by atoms with van der Waals surface area (Å²) in [5.41, 5.74) is 1.41. The van der Waals surface area contributed by atoms with Crippen LogP contribution in [0.3, 0.4) is 0 Å². The molecule has 4 rings (SSSR count). The lowest BCUT2D eigenvalue weighted by Gasteiger charge is -2.28. The van der Waals surface area contributed by atoms with E-state index in [4.69, 9.17) is 13.9 Å². The van der Waals surface area contributed by atoms with Gasteiger partial charge in [-0.05, 0) is 49.2 Å². The summed E-state index contributed by atoms with van der Waals surface area (Å²) in [5, 5.41) is 0. The van der Waals surface area contributed by atoms with E-state index in [-0.39, 0.29) is 24.4 Å². The van der Waals surface area contributed by atoms with Crippen molar-refractivity contribution in [2.45, 2.75) is 32.0 Å². The third-order valence-electron chi connectivity index (χ3n) is 5.88. The van der Waals surface area contributed by atoms with Crippen LogP contribution in [0, 0.1) is 0 Å². The van der Waals surface area contributed by atoms with Crippen molar-refractivity contribution in [1.82, 2.24) is 14.4 Å². The first-order valence-electron chi connectivity index (χ1n) is 10.9. The third kappa shape index (κ3) is 5.22. The van der Waals surface area contributed by atoms with E-state index < -0.39 is 0 Å². The van der Waals surface area contributed by atoms with Crippen molar-refractivity contribution in [1.29, 1.82) is 0 Å². The number of rotatable bonds is 10. The average Bonchev–Trinajstić information content (AvgIpc) is 3.39. The standard InChI is InChI=1S/C25H29N3O5/c1-26-12-4-6-19(26)15-27(16-21-7-5-13-33-21)24(29)17-28(18-8-9-18)25(30)22-11-10-20(31-2)14-23(22)32-3/h4-7,10-14,18H,8-9,15-17H2,1-3H3. The first-order chi connectivity index (χ1) is 16.0. The fourth-order valence-corrected chi connectivity index (χ4v) is 3.81. The molecular formula is C25H29N3O5. The highest BCUT2D eigenvalue weighted by Gasteiger charge is 2.36. The lowest BCUT2D eigenvalue weighted by molar-refractivity contribution is -0.133. The molecule has 1 aromatic carbocycles. The Morgan fingerprint density at radius 2 is 1.91 bits per heavy atom. The molecule has 1 aliphatic rings. The number of aromatic nitrogens is 1. The number of ether oxygens (including phenoxy) is 2. The van der Waals surface area contributed by atoms with Gasteiger partial charge in [-0.3, -0.25) is 9.59 Å². The van der Waals surface area contributed by atoms with Crippen molar-refractivity contribution < 1.29 is 23.5 Å². The van der Waals surface area contributed by atoms with Gasteiger partial charge in [0.25, 0.3) is 5.91 Å². The average molecular weight is 452 g/mol. The van der Waals surface area contributed by atoms with E-state index in [1.54, 1.807) is 47.4 Å². The fraction of sp³-hybridized carbons (Fsp3) is 0.360. The van der Waals surface area contributed by atoms with Crippen LogP contribution in [0.25, 0.3) is 0 Å². The zero-order valence-corrected chi connectivity index (χ0v) is 19.2. The summed E-state index contributed by atoms with van der Waals surface area (Å²) in [6.07, 6.45) is 5.30. The van der Waals surface area contributed by atoms with Gasteiger partial charge in [0.2, 0.25) is 5.91 Å². The maximum atomic E-state index is 13.5. The van der Waals surface area contributed by atoms with Crippen LogP contribution in [-0.2, 0) is 24.9 Å². The Bertz CT molecular complexity index is 1100. The summed E-state index contributed by atoms with van der Waals surface area (Å²) in [5.74, 6) is 1.36. The minimum atomic E-state index is -0.220. The minimum absolute atomic E-state index is 0.0101. The largest absolute Gasteiger partial charge is 0.497 e. The van der Waals surface area contributed by atoms with E-state index >= 15 is 0 Å². The summed E-state index contributed by atoms with van der Waals surface area (Å²) in [6, 6.07) is 12.7. The number of methoxy groups -OCH3 is 2. The van der Waals surface area contributed by atoms with E-state index in [2.05, 4.69) is 0 Å². The van der Waals surface area contributed by atoms with E-state index in [0.717, 1.165) is 18.5 Å². The Morgan fingerprint density at radius 1 is 1.09 bits per heavy atom. The van der Waals surface area contributed by atoms with Crippen molar-refractivity contribution in [2.24, 2.45) is 7.05 Å². The normalized spacial score (nSPS) is 12.9. The smallest absolute Gasteiger partial charge is 0.258 e. The number of hydrogen-bond acceptors (Lipinski definition) is 5. The van der Waals surface area contributed by atoms with Gasteiger partial charge in [0.1, 0.15) is 23.8 Å². The van der Waals surface area contributed by atoms with Gasteiger partial charge in [0.15, 0.2) is 0 Å². The second kappa shape index (κ2) is 9.85. The summed E-state index contributed by atoms with van der Waals surface area (Å²) in [6.45, 7) is 0.737. The van der Waals surface area contributed by atoms with E-state index in [1.165, 1.54) is 7.11 Å². The van der Waals surface area contributed by atoms with Crippen molar-refractivity contribution in [3.8, 4) is 11.5 Å². The van der Waals surface area contributed by atoms with Gasteiger partial charge in [-0.15, -0.1) is 0 Å². The molecule has 8 heteroatoms. The number of benzene rings is 1. The lowest BCUT2D eigenvalue weighted by atomic mass is 10.1. The molecule has 0 unspecified atom stereocenters. The Kier molecular flexibility index (Phi) is 6.72. The summed E-state index contributed by atoms with van der Waals surface area (Å²) in [4.78, 5) is 30.3. The van der Waals surface area contributed by atoms with Gasteiger partial charge < -0.3 is 28.3 Å². The van der Waals surface area contributed by atoms with Crippen molar-refractivity contribution in [2.75, 3.05) is 20.8 Å². The highest BCUT2D eigenvalue weighted by atomic mass is 16.5. The van der Waals surface area contributed by atoms with Crippen LogP contribution in [0.2, 0.25) is 0 Å². The molecule has 2 heterocycles. The molecule has 2 aromatic heterocycles. The van der Waals surface area contributed by atoms with Crippen molar-refractivity contribution in [3.63, 3.8) is 0 Å². The molecule has 0 atom stereocenters. The van der Waals surface area contributed by atoms with Gasteiger partial charge in [-0.1, -0.05) is 0 Å². The van der Waals surface area contributed by atoms with Crippen molar-refractivity contribution >= 4 is 11.8 Å². The van der Waals surface area contributed by atoms with Crippen LogP contribution in [0.5, 0.6) is 11.5 Å². The van der Waals surface area contributed by atoms with Crippen LogP contribution in [0.4, 0.5) is 0 Å². The third-order valence-corrected chi connectivity index (χ3v) is 5.88. The molecule has 0 saturated heterocycles. The van der Waals surface area contributed by atoms with Crippen LogP contribution in [0.15, 0.2) is 59.3 Å². The molecule has 1 aliphatic carbocycles. The number of aryl methyl sites for hydroxylation is 1. The molecular weight excluding hydrogens is 422 g/mol. The first-order valence-corrected chi connectivity index (χ1v) is 10.9.